The molecule has 0 unspecified atom stereocenters. The first-order chi connectivity index (χ1) is 12.6. The Hall–Kier alpha value is -2.12. The van der Waals surface area contributed by atoms with Gasteiger partial charge in [0.15, 0.2) is 5.16 Å². The Bertz CT molecular complexity index is 1070. The molecule has 26 heavy (non-hydrogen) atoms. The van der Waals surface area contributed by atoms with Crippen LogP contribution in [-0.2, 0) is 22.4 Å². The molecule has 3 aromatic rings. The molecule has 0 N–H and O–H groups in total. The number of methoxy groups -OCH3 is 1. The Labute approximate surface area is 159 Å². The fourth-order valence-electron chi connectivity index (χ4n) is 3.30. The van der Waals surface area contributed by atoms with Gasteiger partial charge in [-0.3, -0.25) is 14.2 Å². The number of benzene rings is 1. The average molecular weight is 386 g/mol. The van der Waals surface area contributed by atoms with Crippen molar-refractivity contribution in [2.45, 2.75) is 31.3 Å². The number of carbonyl (C=O) groups is 1. The molecular weight excluding hydrogens is 368 g/mol. The second kappa shape index (κ2) is 6.89. The number of aryl methyl sites for hydroxylation is 3. The lowest BCUT2D eigenvalue weighted by Crippen LogP contribution is -2.22. The summed E-state index contributed by atoms with van der Waals surface area (Å²) in [6.45, 7) is 1.99. The quantitative estimate of drug-likeness (QED) is 0.390. The third-order valence-electron chi connectivity index (χ3n) is 4.51. The van der Waals surface area contributed by atoms with E-state index in [1.807, 2.05) is 31.2 Å². The second-order valence-electron chi connectivity index (χ2n) is 6.28. The van der Waals surface area contributed by atoms with Crippen LogP contribution in [0.3, 0.4) is 0 Å². The molecule has 0 aliphatic heterocycles. The first-order valence-electron chi connectivity index (χ1n) is 8.42. The number of ether oxygens (including phenoxy) is 1. The number of fused-ring (bicyclic) bond motifs is 3. The van der Waals surface area contributed by atoms with Crippen LogP contribution in [-0.4, -0.2) is 28.4 Å². The van der Waals surface area contributed by atoms with E-state index in [0.717, 1.165) is 46.3 Å². The first kappa shape index (κ1) is 17.3. The summed E-state index contributed by atoms with van der Waals surface area (Å²) in [6.07, 6.45) is 3.05. The highest BCUT2D eigenvalue weighted by Gasteiger charge is 2.24. The van der Waals surface area contributed by atoms with Gasteiger partial charge in [0.2, 0.25) is 0 Å². The molecule has 0 bridgehead atoms. The van der Waals surface area contributed by atoms with Gasteiger partial charge in [-0.2, -0.15) is 0 Å². The largest absolute Gasteiger partial charge is 0.468 e. The van der Waals surface area contributed by atoms with Gasteiger partial charge in [-0.25, -0.2) is 4.98 Å². The number of thioether (sulfide) groups is 1. The molecule has 1 aliphatic rings. The van der Waals surface area contributed by atoms with Crippen molar-refractivity contribution < 1.29 is 9.53 Å². The van der Waals surface area contributed by atoms with Crippen molar-refractivity contribution in [2.75, 3.05) is 12.9 Å². The minimum absolute atomic E-state index is 0.0487. The van der Waals surface area contributed by atoms with Crippen LogP contribution in [0.2, 0.25) is 0 Å². The summed E-state index contributed by atoms with van der Waals surface area (Å²) in [4.78, 5) is 31.8. The van der Waals surface area contributed by atoms with Crippen molar-refractivity contribution in [3.63, 3.8) is 0 Å². The molecule has 1 aromatic carbocycles. The highest BCUT2D eigenvalue weighted by atomic mass is 32.2. The minimum Gasteiger partial charge on any atom is -0.468 e. The molecule has 1 aliphatic carbocycles. The third kappa shape index (κ3) is 2.95. The van der Waals surface area contributed by atoms with Crippen molar-refractivity contribution >= 4 is 39.3 Å². The lowest BCUT2D eigenvalue weighted by molar-refractivity contribution is -0.137. The maximum absolute atomic E-state index is 13.4. The monoisotopic (exact) mass is 386 g/mol. The molecule has 2 aromatic heterocycles. The summed E-state index contributed by atoms with van der Waals surface area (Å²) in [5, 5.41) is 1.27. The van der Waals surface area contributed by atoms with Crippen molar-refractivity contribution in [1.82, 2.24) is 9.55 Å². The maximum Gasteiger partial charge on any atom is 0.316 e. The van der Waals surface area contributed by atoms with Crippen LogP contribution in [0, 0.1) is 6.92 Å². The molecule has 0 atom stereocenters. The van der Waals surface area contributed by atoms with E-state index in [4.69, 9.17) is 9.72 Å². The Morgan fingerprint density at radius 3 is 3.00 bits per heavy atom. The smallest absolute Gasteiger partial charge is 0.316 e. The van der Waals surface area contributed by atoms with Gasteiger partial charge >= 0.3 is 5.97 Å². The van der Waals surface area contributed by atoms with Crippen molar-refractivity contribution in [1.29, 1.82) is 0 Å². The van der Waals surface area contributed by atoms with E-state index in [2.05, 4.69) is 0 Å². The second-order valence-corrected chi connectivity index (χ2v) is 8.30. The fourth-order valence-corrected chi connectivity index (χ4v) is 5.45. The maximum atomic E-state index is 13.4. The van der Waals surface area contributed by atoms with Crippen LogP contribution in [0.15, 0.2) is 34.2 Å². The summed E-state index contributed by atoms with van der Waals surface area (Å²) >= 11 is 2.84. The van der Waals surface area contributed by atoms with E-state index in [-0.39, 0.29) is 17.3 Å². The third-order valence-corrected chi connectivity index (χ3v) is 6.61. The Balaban J connectivity index is 1.94. The van der Waals surface area contributed by atoms with Crippen molar-refractivity contribution in [3.05, 3.63) is 50.6 Å². The number of rotatable bonds is 4. The normalized spacial score (nSPS) is 13.2. The SMILES string of the molecule is COC(=O)CSc1nc2sc3c(c2c(=O)n1-c1cccc(C)c1)CCC3. The molecule has 0 saturated heterocycles. The number of hydrogen-bond acceptors (Lipinski definition) is 6. The van der Waals surface area contributed by atoms with Crippen molar-refractivity contribution in [2.24, 2.45) is 0 Å². The summed E-state index contributed by atoms with van der Waals surface area (Å²) in [6, 6.07) is 7.78. The standard InChI is InChI=1S/C19H18N2O3S2/c1-11-5-3-6-12(9-11)21-18(23)16-13-7-4-8-14(13)26-17(16)20-19(21)25-10-15(22)24-2/h3,5-6,9H,4,7-8,10H2,1-2H3. The zero-order valence-electron chi connectivity index (χ0n) is 14.6. The highest BCUT2D eigenvalue weighted by Crippen LogP contribution is 2.36. The molecule has 0 amide bonds. The van der Waals surface area contributed by atoms with Crippen LogP contribution >= 0.6 is 23.1 Å². The molecule has 2 heterocycles. The number of esters is 1. The average Bonchev–Trinajstić information content (AvgIpc) is 3.20. The van der Waals surface area contributed by atoms with Gasteiger partial charge in [-0.05, 0) is 49.4 Å². The molecule has 134 valence electrons. The van der Waals surface area contributed by atoms with Crippen LogP contribution in [0.4, 0.5) is 0 Å². The fraction of sp³-hybridized carbons (Fsp3) is 0.316. The van der Waals surface area contributed by atoms with E-state index < -0.39 is 0 Å². The van der Waals surface area contributed by atoms with Gasteiger partial charge in [-0.15, -0.1) is 11.3 Å². The van der Waals surface area contributed by atoms with Crippen LogP contribution in [0.5, 0.6) is 0 Å². The lowest BCUT2D eigenvalue weighted by Gasteiger charge is -2.12. The molecule has 5 nitrogen and oxygen atoms in total. The molecule has 0 fully saturated rings. The van der Waals surface area contributed by atoms with E-state index in [0.29, 0.717) is 5.16 Å². The van der Waals surface area contributed by atoms with Gasteiger partial charge in [0.1, 0.15) is 4.83 Å². The zero-order valence-corrected chi connectivity index (χ0v) is 16.2. The predicted octanol–water partition coefficient (Wildman–Crippen LogP) is 3.51. The molecule has 4 rings (SSSR count). The molecule has 0 saturated carbocycles. The highest BCUT2D eigenvalue weighted by molar-refractivity contribution is 7.99. The first-order valence-corrected chi connectivity index (χ1v) is 10.2. The molecule has 7 heteroatoms. The Kier molecular flexibility index (Phi) is 4.58. The van der Waals surface area contributed by atoms with E-state index in [9.17, 15) is 9.59 Å². The van der Waals surface area contributed by atoms with Crippen LogP contribution in [0.1, 0.15) is 22.4 Å². The molecule has 0 spiro atoms. The minimum atomic E-state index is -0.339. The summed E-state index contributed by atoms with van der Waals surface area (Å²) in [5.41, 5.74) is 2.95. The number of aromatic nitrogens is 2. The van der Waals surface area contributed by atoms with Gasteiger partial charge in [0.05, 0.1) is 23.9 Å². The number of thiophene rings is 1. The van der Waals surface area contributed by atoms with Gasteiger partial charge in [0, 0.05) is 4.88 Å². The number of hydrogen-bond donors (Lipinski definition) is 0. The van der Waals surface area contributed by atoms with Crippen LogP contribution in [0.25, 0.3) is 15.9 Å². The lowest BCUT2D eigenvalue weighted by atomic mass is 10.2. The summed E-state index contributed by atoms with van der Waals surface area (Å²) in [7, 11) is 1.36. The number of carbonyl (C=O) groups excluding carboxylic acids is 1. The number of nitrogens with zero attached hydrogens (tertiary/aromatic N) is 2. The van der Waals surface area contributed by atoms with Crippen molar-refractivity contribution in [3.8, 4) is 5.69 Å². The van der Waals surface area contributed by atoms with E-state index >= 15 is 0 Å². The molecular formula is C19H18N2O3S2. The van der Waals surface area contributed by atoms with E-state index in [1.165, 1.54) is 23.7 Å². The van der Waals surface area contributed by atoms with Gasteiger partial charge in [0.25, 0.3) is 5.56 Å². The summed E-state index contributed by atoms with van der Waals surface area (Å²) < 4.78 is 6.36. The van der Waals surface area contributed by atoms with Crippen LogP contribution < -0.4 is 5.56 Å². The zero-order chi connectivity index (χ0) is 18.3. The Morgan fingerprint density at radius 1 is 1.38 bits per heavy atom. The molecule has 0 radical (unpaired) electrons. The van der Waals surface area contributed by atoms with Gasteiger partial charge < -0.3 is 4.74 Å². The summed E-state index contributed by atoms with van der Waals surface area (Å²) in [5.74, 6) is -0.223. The Morgan fingerprint density at radius 2 is 2.23 bits per heavy atom. The topological polar surface area (TPSA) is 61.2 Å². The predicted molar refractivity (Wildman–Crippen MR) is 105 cm³/mol. The van der Waals surface area contributed by atoms with E-state index in [1.54, 1.807) is 15.9 Å². The van der Waals surface area contributed by atoms with Gasteiger partial charge in [-0.1, -0.05) is 23.9 Å².